The first-order valence-electron chi connectivity index (χ1n) is 10.1. The molecule has 1 unspecified atom stereocenters. The Kier molecular flexibility index (Phi) is 8.45. The van der Waals surface area contributed by atoms with Crippen molar-refractivity contribution < 1.29 is 8.91 Å². The smallest absolute Gasteiger partial charge is 0.232 e. The maximum absolute atomic E-state index is 13.4. The number of nitrogens with one attached hydrogen (secondary N) is 2. The van der Waals surface area contributed by atoms with Crippen molar-refractivity contribution in [3.63, 3.8) is 0 Å². The van der Waals surface area contributed by atoms with Gasteiger partial charge in [-0.1, -0.05) is 25.9 Å². The summed E-state index contributed by atoms with van der Waals surface area (Å²) in [6.45, 7) is 10.3. The van der Waals surface area contributed by atoms with Crippen molar-refractivity contribution in [2.75, 3.05) is 25.0 Å². The molecule has 1 aromatic carbocycles. The fourth-order valence-corrected chi connectivity index (χ4v) is 3.47. The van der Waals surface area contributed by atoms with Gasteiger partial charge >= 0.3 is 0 Å². The third kappa shape index (κ3) is 6.29. The van der Waals surface area contributed by atoms with E-state index in [0.717, 1.165) is 37.2 Å². The summed E-state index contributed by atoms with van der Waals surface area (Å²) in [6, 6.07) is 5.22. The van der Waals surface area contributed by atoms with Gasteiger partial charge in [-0.3, -0.25) is 4.99 Å². The minimum absolute atomic E-state index is 0. The summed E-state index contributed by atoms with van der Waals surface area (Å²) in [7, 11) is 1.75. The zero-order chi connectivity index (χ0) is 21.0. The first kappa shape index (κ1) is 24.4. The van der Waals surface area contributed by atoms with E-state index in [1.54, 1.807) is 13.1 Å². The number of aliphatic imine (C=N–C) groups is 1. The van der Waals surface area contributed by atoms with Gasteiger partial charge in [0.05, 0.1) is 6.54 Å². The van der Waals surface area contributed by atoms with Crippen molar-refractivity contribution in [3.05, 3.63) is 41.3 Å². The van der Waals surface area contributed by atoms with Crippen molar-refractivity contribution in [3.8, 4) is 0 Å². The lowest BCUT2D eigenvalue weighted by Gasteiger charge is -2.36. The Hall–Kier alpha value is -1.91. The van der Waals surface area contributed by atoms with E-state index in [4.69, 9.17) is 4.52 Å². The Morgan fingerprint density at radius 2 is 2.13 bits per heavy atom. The average Bonchev–Trinajstić information content (AvgIpc) is 3.15. The van der Waals surface area contributed by atoms with Crippen LogP contribution in [0.3, 0.4) is 0 Å². The van der Waals surface area contributed by atoms with E-state index in [-0.39, 0.29) is 41.3 Å². The van der Waals surface area contributed by atoms with E-state index < -0.39 is 0 Å². The Balaban J connectivity index is 0.00000320. The summed E-state index contributed by atoms with van der Waals surface area (Å²) in [5.74, 6) is 1.73. The Morgan fingerprint density at radius 3 is 2.77 bits per heavy atom. The number of rotatable bonds is 4. The van der Waals surface area contributed by atoms with Crippen LogP contribution in [0.5, 0.6) is 0 Å². The molecule has 7 nitrogen and oxygen atoms in total. The quantitative estimate of drug-likeness (QED) is 0.356. The molecule has 3 rings (SSSR count). The largest absolute Gasteiger partial charge is 0.369 e. The number of hydrogen-bond acceptors (Lipinski definition) is 5. The van der Waals surface area contributed by atoms with Crippen LogP contribution in [0, 0.1) is 12.7 Å². The molecule has 1 saturated heterocycles. The molecular weight excluding hydrogens is 498 g/mol. The minimum atomic E-state index is -0.196. The minimum Gasteiger partial charge on any atom is -0.369 e. The second-order valence-electron chi connectivity index (χ2n) is 8.55. The molecule has 0 saturated carbocycles. The molecule has 0 spiro atoms. The predicted molar refractivity (Wildman–Crippen MR) is 128 cm³/mol. The fourth-order valence-electron chi connectivity index (χ4n) is 3.47. The molecule has 1 aliphatic rings. The average molecular weight is 530 g/mol. The Labute approximate surface area is 194 Å². The molecule has 9 heteroatoms. The van der Waals surface area contributed by atoms with Crippen LogP contribution >= 0.6 is 24.0 Å². The number of hydrogen-bond donors (Lipinski definition) is 2. The molecule has 1 aliphatic heterocycles. The molecule has 1 atom stereocenters. The molecule has 0 radical (unpaired) electrons. The Bertz CT molecular complexity index is 863. The standard InChI is InChI=1S/C21H31FN6O.HI/c1-14-11-15(22)8-9-17(14)28-10-6-7-16(13-28)25-20(23-5)24-12-18-26-19(29-27-18)21(2,3)4;/h8-9,11,16H,6-7,10,12-13H2,1-5H3,(H2,23,24,25);1H. The van der Waals surface area contributed by atoms with Crippen LogP contribution in [-0.4, -0.2) is 42.3 Å². The van der Waals surface area contributed by atoms with Crippen molar-refractivity contribution in [2.45, 2.75) is 58.5 Å². The molecule has 1 aromatic heterocycles. The molecule has 0 amide bonds. The summed E-state index contributed by atoms with van der Waals surface area (Å²) in [5, 5.41) is 10.8. The van der Waals surface area contributed by atoms with Crippen molar-refractivity contribution in [1.29, 1.82) is 0 Å². The third-order valence-electron chi connectivity index (χ3n) is 5.01. The lowest BCUT2D eigenvalue weighted by Crippen LogP contribution is -2.51. The SMILES string of the molecule is CN=C(NCc1noc(C(C)(C)C)n1)NC1CCCN(c2ccc(F)cc2C)C1.I. The zero-order valence-corrected chi connectivity index (χ0v) is 20.7. The highest BCUT2D eigenvalue weighted by molar-refractivity contribution is 14.0. The van der Waals surface area contributed by atoms with Gasteiger partial charge in [-0.05, 0) is 43.5 Å². The highest BCUT2D eigenvalue weighted by Gasteiger charge is 2.23. The number of aryl methyl sites for hydroxylation is 1. The van der Waals surface area contributed by atoms with Crippen LogP contribution in [0.4, 0.5) is 10.1 Å². The van der Waals surface area contributed by atoms with Gasteiger partial charge in [0.15, 0.2) is 11.8 Å². The van der Waals surface area contributed by atoms with Gasteiger partial charge in [-0.15, -0.1) is 24.0 Å². The van der Waals surface area contributed by atoms with Crippen molar-refractivity contribution in [2.24, 2.45) is 4.99 Å². The van der Waals surface area contributed by atoms with Crippen molar-refractivity contribution in [1.82, 2.24) is 20.8 Å². The van der Waals surface area contributed by atoms with Gasteiger partial charge < -0.3 is 20.1 Å². The Morgan fingerprint density at radius 1 is 1.37 bits per heavy atom. The molecule has 0 bridgehead atoms. The number of benzene rings is 1. The first-order chi connectivity index (χ1) is 13.8. The summed E-state index contributed by atoms with van der Waals surface area (Å²) in [5.41, 5.74) is 1.87. The number of piperidine rings is 1. The second kappa shape index (κ2) is 10.4. The van der Waals surface area contributed by atoms with E-state index in [2.05, 4.69) is 30.7 Å². The monoisotopic (exact) mass is 530 g/mol. The number of aromatic nitrogens is 2. The van der Waals surface area contributed by atoms with Gasteiger partial charge in [0, 0.05) is 37.3 Å². The number of guanidine groups is 1. The van der Waals surface area contributed by atoms with Crippen LogP contribution < -0.4 is 15.5 Å². The van der Waals surface area contributed by atoms with E-state index in [1.165, 1.54) is 6.07 Å². The van der Waals surface area contributed by atoms with Gasteiger partial charge in [-0.25, -0.2) is 4.39 Å². The van der Waals surface area contributed by atoms with E-state index in [0.29, 0.717) is 24.2 Å². The zero-order valence-electron chi connectivity index (χ0n) is 18.3. The van der Waals surface area contributed by atoms with E-state index in [9.17, 15) is 4.39 Å². The lowest BCUT2D eigenvalue weighted by molar-refractivity contribution is 0.318. The van der Waals surface area contributed by atoms with Crippen LogP contribution in [0.25, 0.3) is 0 Å². The third-order valence-corrected chi connectivity index (χ3v) is 5.01. The topological polar surface area (TPSA) is 78.6 Å². The maximum Gasteiger partial charge on any atom is 0.232 e. The fraction of sp³-hybridized carbons (Fsp3) is 0.571. The van der Waals surface area contributed by atoms with Crippen LogP contribution in [0.15, 0.2) is 27.7 Å². The molecule has 1 fully saturated rings. The highest BCUT2D eigenvalue weighted by Crippen LogP contribution is 2.24. The van der Waals surface area contributed by atoms with E-state index in [1.807, 2.05) is 33.8 Å². The highest BCUT2D eigenvalue weighted by atomic mass is 127. The second-order valence-corrected chi connectivity index (χ2v) is 8.55. The molecule has 166 valence electrons. The summed E-state index contributed by atoms with van der Waals surface area (Å²) in [6.07, 6.45) is 2.11. The molecule has 30 heavy (non-hydrogen) atoms. The normalized spacial score (nSPS) is 17.5. The van der Waals surface area contributed by atoms with E-state index >= 15 is 0 Å². The first-order valence-corrected chi connectivity index (χ1v) is 10.1. The summed E-state index contributed by atoms with van der Waals surface area (Å²) in [4.78, 5) is 11.1. The maximum atomic E-state index is 13.4. The molecule has 0 aliphatic carbocycles. The molecule has 2 heterocycles. The number of anilines is 1. The van der Waals surface area contributed by atoms with Gasteiger partial charge in [0.1, 0.15) is 5.82 Å². The van der Waals surface area contributed by atoms with Gasteiger partial charge in [-0.2, -0.15) is 4.98 Å². The van der Waals surface area contributed by atoms with Gasteiger partial charge in [0.25, 0.3) is 0 Å². The summed E-state index contributed by atoms with van der Waals surface area (Å²) < 4.78 is 18.8. The van der Waals surface area contributed by atoms with Crippen LogP contribution in [-0.2, 0) is 12.0 Å². The summed E-state index contributed by atoms with van der Waals surface area (Å²) >= 11 is 0. The predicted octanol–water partition coefficient (Wildman–Crippen LogP) is 3.77. The molecular formula is C21H32FIN6O. The van der Waals surface area contributed by atoms with Crippen LogP contribution in [0.1, 0.15) is 50.9 Å². The number of nitrogens with zero attached hydrogens (tertiary/aromatic N) is 4. The molecule has 2 N–H and O–H groups in total. The van der Waals surface area contributed by atoms with Gasteiger partial charge in [0.2, 0.25) is 5.89 Å². The number of halogens is 2. The lowest BCUT2D eigenvalue weighted by atomic mass is 9.97. The van der Waals surface area contributed by atoms with Crippen molar-refractivity contribution >= 4 is 35.6 Å². The van der Waals surface area contributed by atoms with Crippen LogP contribution in [0.2, 0.25) is 0 Å². The molecule has 2 aromatic rings.